The number of hydrogen-bond acceptors (Lipinski definition) is 8. The quantitative estimate of drug-likeness (QED) is 0.468. The van der Waals surface area contributed by atoms with Crippen LogP contribution in [0.2, 0.25) is 0 Å². The van der Waals surface area contributed by atoms with Gasteiger partial charge in [-0.2, -0.15) is 0 Å². The zero-order valence-electron chi connectivity index (χ0n) is 18.3. The second kappa shape index (κ2) is 10.3. The van der Waals surface area contributed by atoms with E-state index in [4.69, 9.17) is 9.47 Å². The maximum Gasteiger partial charge on any atom is 0.374 e. The molecule has 2 heterocycles. The van der Waals surface area contributed by atoms with Crippen molar-refractivity contribution in [3.63, 3.8) is 0 Å². The number of para-hydroxylation sites is 2. The Morgan fingerprint density at radius 1 is 0.848 bits per heavy atom. The molecule has 0 atom stereocenters. The van der Waals surface area contributed by atoms with Gasteiger partial charge in [0.2, 0.25) is 11.6 Å². The molecule has 0 saturated heterocycles. The maximum absolute atomic E-state index is 12.0. The van der Waals surface area contributed by atoms with E-state index in [0.717, 1.165) is 0 Å². The molecule has 0 saturated carbocycles. The zero-order valence-corrected chi connectivity index (χ0v) is 18.3. The molecule has 4 aromatic rings. The van der Waals surface area contributed by atoms with Gasteiger partial charge in [-0.1, -0.05) is 24.3 Å². The van der Waals surface area contributed by atoms with Gasteiger partial charge in [-0.05, 0) is 38.1 Å². The van der Waals surface area contributed by atoms with Gasteiger partial charge in [0.25, 0.3) is 11.1 Å². The Hall–Kier alpha value is -4.34. The fraction of sp³-hybridized carbons (Fsp3) is 0.217. The van der Waals surface area contributed by atoms with Crippen LogP contribution in [0.25, 0.3) is 21.8 Å². The van der Waals surface area contributed by atoms with Crippen molar-refractivity contribution in [2.24, 2.45) is 7.05 Å². The van der Waals surface area contributed by atoms with Gasteiger partial charge in [-0.15, -0.1) is 0 Å². The van der Waals surface area contributed by atoms with Crippen LogP contribution in [0.15, 0.2) is 58.1 Å². The van der Waals surface area contributed by atoms with Crippen molar-refractivity contribution in [2.75, 3.05) is 13.2 Å². The molecular weight excluding hydrogens is 428 g/mol. The molecule has 170 valence electrons. The third-order valence-corrected chi connectivity index (χ3v) is 4.52. The summed E-state index contributed by atoms with van der Waals surface area (Å²) in [4.78, 5) is 57.1. The Balaban J connectivity index is 0.000000186. The molecular formula is C23H22N4O6. The standard InChI is InChI=1S/C12H12N2O3.C11H10N2O3/c1-3-17-12(16)10-13-9-7-5-4-6-8(9)11(15)14(10)2;1-2-16-11(15)9-12-8-6-4-3-5-7(8)10(14)13-9/h4-7H,3H2,1-2H3;3-6H,2H2,1H3,(H,12,13,14). The Morgan fingerprint density at radius 2 is 1.39 bits per heavy atom. The van der Waals surface area contributed by atoms with Gasteiger partial charge in [-0.25, -0.2) is 19.6 Å². The van der Waals surface area contributed by atoms with E-state index in [-0.39, 0.29) is 36.0 Å². The lowest BCUT2D eigenvalue weighted by molar-refractivity contribution is 0.0499. The van der Waals surface area contributed by atoms with Crippen molar-refractivity contribution >= 4 is 33.7 Å². The van der Waals surface area contributed by atoms with Crippen LogP contribution < -0.4 is 11.1 Å². The van der Waals surface area contributed by atoms with Crippen molar-refractivity contribution in [3.05, 3.63) is 80.9 Å². The summed E-state index contributed by atoms with van der Waals surface area (Å²) in [5.41, 5.74) is 0.389. The monoisotopic (exact) mass is 450 g/mol. The number of H-pyrrole nitrogens is 1. The van der Waals surface area contributed by atoms with Gasteiger partial charge in [0.1, 0.15) is 0 Å². The van der Waals surface area contributed by atoms with Crippen molar-refractivity contribution < 1.29 is 19.1 Å². The predicted molar refractivity (Wildman–Crippen MR) is 121 cm³/mol. The smallest absolute Gasteiger partial charge is 0.374 e. The Morgan fingerprint density at radius 3 is 2.03 bits per heavy atom. The highest BCUT2D eigenvalue weighted by Gasteiger charge is 2.15. The molecule has 0 aliphatic heterocycles. The fourth-order valence-electron chi connectivity index (χ4n) is 2.98. The summed E-state index contributed by atoms with van der Waals surface area (Å²) in [5.74, 6) is -1.25. The Labute approximate surface area is 187 Å². The summed E-state index contributed by atoms with van der Waals surface area (Å²) in [6.07, 6.45) is 0. The summed E-state index contributed by atoms with van der Waals surface area (Å²) < 4.78 is 10.8. The number of carbonyl (C=O) groups is 2. The van der Waals surface area contributed by atoms with E-state index in [1.807, 2.05) is 0 Å². The number of aromatic nitrogens is 4. The molecule has 0 amide bonds. The number of ether oxygens (including phenoxy) is 2. The van der Waals surface area contributed by atoms with Gasteiger partial charge in [0, 0.05) is 7.05 Å². The summed E-state index contributed by atoms with van der Waals surface area (Å²) in [7, 11) is 1.51. The molecule has 10 heteroatoms. The molecule has 0 unspecified atom stereocenters. The second-order valence-electron chi connectivity index (χ2n) is 6.69. The summed E-state index contributed by atoms with van der Waals surface area (Å²) in [6, 6.07) is 13.7. The van der Waals surface area contributed by atoms with E-state index in [9.17, 15) is 19.2 Å². The minimum absolute atomic E-state index is 0.0237. The van der Waals surface area contributed by atoms with Gasteiger partial charge in [0.05, 0.1) is 35.0 Å². The molecule has 33 heavy (non-hydrogen) atoms. The van der Waals surface area contributed by atoms with Gasteiger partial charge < -0.3 is 14.5 Å². The number of aromatic amines is 1. The highest BCUT2D eigenvalue weighted by Crippen LogP contribution is 2.08. The number of rotatable bonds is 4. The molecule has 2 aromatic heterocycles. The number of hydrogen-bond donors (Lipinski definition) is 1. The van der Waals surface area contributed by atoms with Crippen LogP contribution >= 0.6 is 0 Å². The number of nitrogens with zero attached hydrogens (tertiary/aromatic N) is 3. The van der Waals surface area contributed by atoms with Crippen LogP contribution in [0.4, 0.5) is 0 Å². The Kier molecular flexibility index (Phi) is 7.29. The first-order valence-corrected chi connectivity index (χ1v) is 10.2. The van der Waals surface area contributed by atoms with E-state index in [1.165, 1.54) is 11.6 Å². The van der Waals surface area contributed by atoms with Crippen LogP contribution in [0, 0.1) is 0 Å². The average molecular weight is 450 g/mol. The topological polar surface area (TPSA) is 133 Å². The molecule has 2 aromatic carbocycles. The molecule has 1 N–H and O–H groups in total. The number of nitrogens with one attached hydrogen (secondary N) is 1. The van der Waals surface area contributed by atoms with Crippen molar-refractivity contribution in [1.82, 2.24) is 19.5 Å². The van der Waals surface area contributed by atoms with E-state index in [1.54, 1.807) is 62.4 Å². The molecule has 0 aliphatic rings. The molecule has 0 bridgehead atoms. The number of benzene rings is 2. The van der Waals surface area contributed by atoms with E-state index < -0.39 is 11.9 Å². The third kappa shape index (κ3) is 5.12. The van der Waals surface area contributed by atoms with Crippen LogP contribution in [0.5, 0.6) is 0 Å². The van der Waals surface area contributed by atoms with E-state index in [0.29, 0.717) is 21.8 Å². The van der Waals surface area contributed by atoms with Gasteiger partial charge in [-0.3, -0.25) is 14.2 Å². The minimum atomic E-state index is -0.620. The molecule has 0 aliphatic carbocycles. The van der Waals surface area contributed by atoms with Crippen molar-refractivity contribution in [1.29, 1.82) is 0 Å². The van der Waals surface area contributed by atoms with E-state index in [2.05, 4.69) is 15.0 Å². The van der Waals surface area contributed by atoms with E-state index >= 15 is 0 Å². The Bertz CT molecular complexity index is 1440. The summed E-state index contributed by atoms with van der Waals surface area (Å²) in [6.45, 7) is 3.89. The zero-order chi connectivity index (χ0) is 24.0. The molecule has 0 radical (unpaired) electrons. The van der Waals surface area contributed by atoms with Crippen LogP contribution in [0.3, 0.4) is 0 Å². The highest BCUT2D eigenvalue weighted by molar-refractivity contribution is 5.89. The first-order valence-electron chi connectivity index (χ1n) is 10.2. The summed E-state index contributed by atoms with van der Waals surface area (Å²) >= 11 is 0. The first-order chi connectivity index (χ1) is 15.9. The predicted octanol–water partition coefficient (Wildman–Crippen LogP) is 2.21. The van der Waals surface area contributed by atoms with Crippen LogP contribution in [-0.4, -0.2) is 44.7 Å². The second-order valence-corrected chi connectivity index (χ2v) is 6.69. The molecule has 4 rings (SSSR count). The van der Waals surface area contributed by atoms with Crippen molar-refractivity contribution in [3.8, 4) is 0 Å². The van der Waals surface area contributed by atoms with Crippen molar-refractivity contribution in [2.45, 2.75) is 13.8 Å². The molecule has 0 spiro atoms. The highest BCUT2D eigenvalue weighted by atomic mass is 16.5. The molecule has 10 nitrogen and oxygen atoms in total. The summed E-state index contributed by atoms with van der Waals surface area (Å²) in [5, 5.41) is 0.943. The molecule has 0 fully saturated rings. The van der Waals surface area contributed by atoms with Crippen LogP contribution in [-0.2, 0) is 16.5 Å². The average Bonchev–Trinajstić information content (AvgIpc) is 2.82. The number of carbonyl (C=O) groups excluding carboxylic acids is 2. The lowest BCUT2D eigenvalue weighted by Crippen LogP contribution is -2.26. The number of fused-ring (bicyclic) bond motifs is 2. The maximum atomic E-state index is 12.0. The number of esters is 2. The lowest BCUT2D eigenvalue weighted by Gasteiger charge is -2.07. The fourth-order valence-corrected chi connectivity index (χ4v) is 2.98. The van der Waals surface area contributed by atoms with Gasteiger partial charge >= 0.3 is 11.9 Å². The first kappa shape index (κ1) is 23.3. The normalized spacial score (nSPS) is 10.4. The largest absolute Gasteiger partial charge is 0.460 e. The SMILES string of the molecule is CCOC(=O)c1nc2ccccc2c(=O)[nH]1.CCOC(=O)c1nc2ccccc2c(=O)n1C. The lowest BCUT2D eigenvalue weighted by atomic mass is 10.2. The minimum Gasteiger partial charge on any atom is -0.460 e. The van der Waals surface area contributed by atoms with Crippen LogP contribution in [0.1, 0.15) is 35.1 Å². The third-order valence-electron chi connectivity index (χ3n) is 4.52. The van der Waals surface area contributed by atoms with Gasteiger partial charge in [0.15, 0.2) is 0 Å².